The Morgan fingerprint density at radius 1 is 1.30 bits per heavy atom. The SMILES string of the molecule is COc1ccc2[nH]c(=O)c(CNC(=O)c3cccnc3)cc2c1. The van der Waals surface area contributed by atoms with E-state index in [0.29, 0.717) is 16.9 Å². The number of benzene rings is 1. The molecule has 23 heavy (non-hydrogen) atoms. The lowest BCUT2D eigenvalue weighted by Crippen LogP contribution is -2.26. The molecule has 6 heteroatoms. The van der Waals surface area contributed by atoms with Crippen molar-refractivity contribution >= 4 is 16.8 Å². The number of fused-ring (bicyclic) bond motifs is 1. The highest BCUT2D eigenvalue weighted by Gasteiger charge is 2.08. The molecule has 0 bridgehead atoms. The first-order valence-electron chi connectivity index (χ1n) is 7.05. The number of hydrogen-bond acceptors (Lipinski definition) is 4. The number of aromatic amines is 1. The van der Waals surface area contributed by atoms with Crippen LogP contribution >= 0.6 is 0 Å². The Kier molecular flexibility index (Phi) is 4.05. The van der Waals surface area contributed by atoms with Gasteiger partial charge < -0.3 is 15.0 Å². The quantitative estimate of drug-likeness (QED) is 0.770. The topological polar surface area (TPSA) is 84.1 Å². The van der Waals surface area contributed by atoms with E-state index < -0.39 is 0 Å². The zero-order valence-electron chi connectivity index (χ0n) is 12.5. The predicted molar refractivity (Wildman–Crippen MR) is 86.5 cm³/mol. The molecule has 0 fully saturated rings. The van der Waals surface area contributed by atoms with Gasteiger partial charge in [0.2, 0.25) is 0 Å². The average molecular weight is 309 g/mol. The summed E-state index contributed by atoms with van der Waals surface area (Å²) in [6.07, 6.45) is 3.07. The van der Waals surface area contributed by atoms with E-state index in [9.17, 15) is 9.59 Å². The fraction of sp³-hybridized carbons (Fsp3) is 0.118. The van der Waals surface area contributed by atoms with Gasteiger partial charge in [0.1, 0.15) is 5.75 Å². The number of rotatable bonds is 4. The maximum Gasteiger partial charge on any atom is 0.253 e. The van der Waals surface area contributed by atoms with Gasteiger partial charge in [-0.1, -0.05) is 0 Å². The molecule has 0 saturated heterocycles. The van der Waals surface area contributed by atoms with E-state index in [-0.39, 0.29) is 18.0 Å². The van der Waals surface area contributed by atoms with Gasteiger partial charge in [0.15, 0.2) is 0 Å². The number of ether oxygens (including phenoxy) is 1. The van der Waals surface area contributed by atoms with Crippen molar-refractivity contribution in [3.8, 4) is 5.75 Å². The molecule has 0 radical (unpaired) electrons. The molecule has 1 aromatic carbocycles. The van der Waals surface area contributed by atoms with E-state index in [1.54, 1.807) is 43.6 Å². The smallest absolute Gasteiger partial charge is 0.253 e. The molecule has 2 aromatic heterocycles. The van der Waals surface area contributed by atoms with Crippen molar-refractivity contribution in [1.82, 2.24) is 15.3 Å². The van der Waals surface area contributed by atoms with Crippen LogP contribution in [0.25, 0.3) is 10.9 Å². The summed E-state index contributed by atoms with van der Waals surface area (Å²) in [6.45, 7) is 0.135. The van der Waals surface area contributed by atoms with Crippen molar-refractivity contribution in [3.05, 3.63) is 70.3 Å². The van der Waals surface area contributed by atoms with Crippen LogP contribution in [0.5, 0.6) is 5.75 Å². The first-order chi connectivity index (χ1) is 11.2. The number of carbonyl (C=O) groups is 1. The molecule has 0 aliphatic rings. The van der Waals surface area contributed by atoms with Crippen LogP contribution in [0, 0.1) is 0 Å². The van der Waals surface area contributed by atoms with Gasteiger partial charge >= 0.3 is 0 Å². The first-order valence-corrected chi connectivity index (χ1v) is 7.05. The number of hydrogen-bond donors (Lipinski definition) is 2. The zero-order chi connectivity index (χ0) is 16.2. The maximum absolute atomic E-state index is 12.1. The molecule has 2 heterocycles. The van der Waals surface area contributed by atoms with Crippen LogP contribution in [-0.2, 0) is 6.54 Å². The van der Waals surface area contributed by atoms with Gasteiger partial charge in [0.05, 0.1) is 12.7 Å². The van der Waals surface area contributed by atoms with Crippen molar-refractivity contribution in [2.24, 2.45) is 0 Å². The summed E-state index contributed by atoms with van der Waals surface area (Å²) in [5.41, 5.74) is 1.42. The largest absolute Gasteiger partial charge is 0.497 e. The molecule has 0 saturated carbocycles. The molecular weight excluding hydrogens is 294 g/mol. The Bertz CT molecular complexity index is 904. The molecule has 0 unspecified atom stereocenters. The highest BCUT2D eigenvalue weighted by atomic mass is 16.5. The molecule has 3 aromatic rings. The van der Waals surface area contributed by atoms with Crippen LogP contribution in [0.15, 0.2) is 53.6 Å². The molecule has 116 valence electrons. The minimum Gasteiger partial charge on any atom is -0.497 e. The summed E-state index contributed by atoms with van der Waals surface area (Å²) in [5, 5.41) is 3.56. The summed E-state index contributed by atoms with van der Waals surface area (Å²) in [7, 11) is 1.59. The molecule has 3 rings (SSSR count). The van der Waals surface area contributed by atoms with Crippen LogP contribution in [0.1, 0.15) is 15.9 Å². The molecule has 1 amide bonds. The maximum atomic E-state index is 12.1. The second-order valence-corrected chi connectivity index (χ2v) is 5.00. The third-order valence-corrected chi connectivity index (χ3v) is 3.49. The van der Waals surface area contributed by atoms with Crippen LogP contribution in [-0.4, -0.2) is 23.0 Å². The monoisotopic (exact) mass is 309 g/mol. The number of H-pyrrole nitrogens is 1. The first kappa shape index (κ1) is 14.8. The van der Waals surface area contributed by atoms with Crippen LogP contribution in [0.2, 0.25) is 0 Å². The third kappa shape index (κ3) is 3.21. The van der Waals surface area contributed by atoms with Crippen molar-refractivity contribution in [1.29, 1.82) is 0 Å². The van der Waals surface area contributed by atoms with Gasteiger partial charge in [-0.3, -0.25) is 14.6 Å². The van der Waals surface area contributed by atoms with E-state index in [4.69, 9.17) is 4.74 Å². The molecule has 0 aliphatic heterocycles. The average Bonchev–Trinajstić information content (AvgIpc) is 2.60. The summed E-state index contributed by atoms with van der Waals surface area (Å²) < 4.78 is 5.18. The molecule has 0 aliphatic carbocycles. The minimum atomic E-state index is -0.275. The molecule has 0 spiro atoms. The highest BCUT2D eigenvalue weighted by Crippen LogP contribution is 2.18. The van der Waals surface area contributed by atoms with E-state index in [1.165, 1.54) is 6.20 Å². The number of pyridine rings is 2. The molecule has 2 N–H and O–H groups in total. The fourth-order valence-electron chi connectivity index (χ4n) is 2.26. The second-order valence-electron chi connectivity index (χ2n) is 5.00. The fourth-order valence-corrected chi connectivity index (χ4v) is 2.26. The standard InChI is InChI=1S/C17H15N3O3/c1-23-14-4-5-15-12(8-14)7-13(17(22)20-15)10-19-16(21)11-3-2-6-18-9-11/h2-9H,10H2,1H3,(H,19,21)(H,20,22). The summed E-state index contributed by atoms with van der Waals surface area (Å²) in [6, 6.07) is 10.5. The second kappa shape index (κ2) is 6.31. The van der Waals surface area contributed by atoms with Gasteiger partial charge in [-0.05, 0) is 36.4 Å². The van der Waals surface area contributed by atoms with Gasteiger partial charge in [0, 0.05) is 35.4 Å². The van der Waals surface area contributed by atoms with E-state index in [1.807, 2.05) is 6.07 Å². The number of nitrogens with one attached hydrogen (secondary N) is 2. The van der Waals surface area contributed by atoms with E-state index in [2.05, 4.69) is 15.3 Å². The number of amides is 1. The Labute approximate surface area is 132 Å². The minimum absolute atomic E-state index is 0.135. The lowest BCUT2D eigenvalue weighted by atomic mass is 10.1. The van der Waals surface area contributed by atoms with Gasteiger partial charge in [-0.15, -0.1) is 0 Å². The van der Waals surface area contributed by atoms with E-state index >= 15 is 0 Å². The number of carbonyl (C=O) groups excluding carboxylic acids is 1. The van der Waals surface area contributed by atoms with Gasteiger partial charge in [-0.25, -0.2) is 0 Å². The third-order valence-electron chi connectivity index (χ3n) is 3.49. The molecular formula is C17H15N3O3. The Morgan fingerprint density at radius 2 is 2.17 bits per heavy atom. The Morgan fingerprint density at radius 3 is 2.91 bits per heavy atom. The highest BCUT2D eigenvalue weighted by molar-refractivity contribution is 5.93. The van der Waals surface area contributed by atoms with Crippen LogP contribution < -0.4 is 15.6 Å². The number of aromatic nitrogens is 2. The Balaban J connectivity index is 1.83. The summed E-state index contributed by atoms with van der Waals surface area (Å²) in [5.74, 6) is 0.429. The summed E-state index contributed by atoms with van der Waals surface area (Å²) in [4.78, 5) is 30.8. The Hall–Kier alpha value is -3.15. The predicted octanol–water partition coefficient (Wildman–Crippen LogP) is 1.86. The number of nitrogens with zero attached hydrogens (tertiary/aromatic N) is 1. The normalized spacial score (nSPS) is 10.5. The van der Waals surface area contributed by atoms with Crippen molar-refractivity contribution in [3.63, 3.8) is 0 Å². The van der Waals surface area contributed by atoms with Gasteiger partial charge in [-0.2, -0.15) is 0 Å². The van der Waals surface area contributed by atoms with E-state index in [0.717, 1.165) is 10.9 Å². The zero-order valence-corrected chi connectivity index (χ0v) is 12.5. The van der Waals surface area contributed by atoms with Crippen LogP contribution in [0.3, 0.4) is 0 Å². The summed E-state index contributed by atoms with van der Waals surface area (Å²) >= 11 is 0. The molecule has 0 atom stereocenters. The van der Waals surface area contributed by atoms with Crippen molar-refractivity contribution in [2.45, 2.75) is 6.54 Å². The lowest BCUT2D eigenvalue weighted by molar-refractivity contribution is 0.0950. The molecule has 6 nitrogen and oxygen atoms in total. The van der Waals surface area contributed by atoms with Gasteiger partial charge in [0.25, 0.3) is 11.5 Å². The van der Waals surface area contributed by atoms with Crippen molar-refractivity contribution in [2.75, 3.05) is 7.11 Å². The van der Waals surface area contributed by atoms with Crippen LogP contribution in [0.4, 0.5) is 0 Å². The van der Waals surface area contributed by atoms with Crippen molar-refractivity contribution < 1.29 is 9.53 Å². The lowest BCUT2D eigenvalue weighted by Gasteiger charge is -2.07. The number of methoxy groups -OCH3 is 1.